The van der Waals surface area contributed by atoms with Gasteiger partial charge >= 0.3 is 0 Å². The van der Waals surface area contributed by atoms with Gasteiger partial charge in [0.05, 0.1) is 33.4 Å². The molecule has 2 N–H and O–H groups in total. The van der Waals surface area contributed by atoms with Crippen molar-refractivity contribution in [2.45, 2.75) is 27.2 Å². The first-order valence-electron chi connectivity index (χ1n) is 19.2. The first-order valence-corrected chi connectivity index (χ1v) is 21.2. The van der Waals surface area contributed by atoms with Crippen LogP contribution in [0.3, 0.4) is 0 Å². The average molecular weight is 753 g/mol. The molecule has 1 unspecified atom stereocenters. The van der Waals surface area contributed by atoms with E-state index in [9.17, 15) is 10.2 Å². The van der Waals surface area contributed by atoms with E-state index in [0.29, 0.717) is 6.61 Å². The van der Waals surface area contributed by atoms with E-state index in [4.69, 9.17) is 4.74 Å². The van der Waals surface area contributed by atoms with Gasteiger partial charge in [0.2, 0.25) is 0 Å². The Bertz CT molecular complexity index is 2680. The molecule has 5 nitrogen and oxygen atoms in total. The quantitative estimate of drug-likeness (QED) is 0.114. The van der Waals surface area contributed by atoms with E-state index in [1.807, 2.05) is 0 Å². The Morgan fingerprint density at radius 2 is 0.839 bits per heavy atom. The lowest BCUT2D eigenvalue weighted by Crippen LogP contribution is -2.13. The molecule has 56 heavy (non-hydrogen) atoms. The van der Waals surface area contributed by atoms with Crippen LogP contribution in [0.2, 0.25) is 0 Å². The Morgan fingerprint density at radius 3 is 1.21 bits per heavy atom. The summed E-state index contributed by atoms with van der Waals surface area (Å²) in [4.78, 5) is 0. The molecule has 0 saturated carbocycles. The summed E-state index contributed by atoms with van der Waals surface area (Å²) in [5.41, 5.74) is 12.4. The summed E-state index contributed by atoms with van der Waals surface area (Å²) in [5.74, 6) is 0.472. The lowest BCUT2D eigenvalue weighted by Gasteiger charge is -2.25. The zero-order valence-corrected chi connectivity index (χ0v) is 33.4. The summed E-state index contributed by atoms with van der Waals surface area (Å²) < 4.78 is 9.92. The van der Waals surface area contributed by atoms with Crippen LogP contribution in [0.5, 0.6) is 11.5 Å². The second kappa shape index (κ2) is 14.3. The molecule has 9 rings (SSSR count). The average Bonchev–Trinajstić information content (AvgIpc) is 3.72. The molecule has 0 saturated heterocycles. The predicted molar refractivity (Wildman–Crippen MR) is 237 cm³/mol. The number of para-hydroxylation sites is 4. The molecule has 0 spiro atoms. The molecule has 2 aromatic heterocycles. The molecular weight excluding hydrogens is 708 g/mol. The van der Waals surface area contributed by atoms with Gasteiger partial charge in [-0.25, -0.2) is 0 Å². The van der Waals surface area contributed by atoms with Crippen molar-refractivity contribution in [3.63, 3.8) is 0 Å². The zero-order chi connectivity index (χ0) is 38.7. The molecule has 0 bridgehead atoms. The fraction of sp³-hybridized carbons (Fsp3) is 0.160. The van der Waals surface area contributed by atoms with E-state index < -0.39 is 7.92 Å². The van der Waals surface area contributed by atoms with Gasteiger partial charge in [-0.2, -0.15) is 0 Å². The summed E-state index contributed by atoms with van der Waals surface area (Å²) in [5, 5.41) is 31.0. The summed E-state index contributed by atoms with van der Waals surface area (Å²) in [7, 11) is 0.982. The van der Waals surface area contributed by atoms with Crippen molar-refractivity contribution < 1.29 is 14.9 Å². The minimum absolute atomic E-state index is 0.236. The number of fused-ring (bicyclic) bond motifs is 6. The van der Waals surface area contributed by atoms with E-state index in [1.165, 1.54) is 0 Å². The molecule has 1 atom stereocenters. The zero-order valence-electron chi connectivity index (χ0n) is 32.5. The number of nitrogens with zero attached hydrogens (tertiary/aromatic N) is 2. The highest BCUT2D eigenvalue weighted by atomic mass is 31.1. The molecular formula is C50H45N2O3P. The summed E-state index contributed by atoms with van der Waals surface area (Å²) in [6.07, 6.45) is 1.84. The molecule has 7 aromatic carbocycles. The van der Waals surface area contributed by atoms with Gasteiger partial charge in [-0.05, 0) is 122 Å². The first kappa shape index (κ1) is 35.8. The van der Waals surface area contributed by atoms with Crippen molar-refractivity contribution in [3.05, 3.63) is 150 Å². The molecule has 0 radical (unpaired) electrons. The number of phenols is 2. The molecule has 278 valence electrons. The SMILES string of the molecule is COCCCP(C)c1c(-c2cc(C)cc(-n3c4ccccc4c4ccccc43)c2O)cc(C)cc1-c1cc(C)cc(-n2c3ccccc3c3ccccc32)c1O. The van der Waals surface area contributed by atoms with Gasteiger partial charge in [0.25, 0.3) is 0 Å². The lowest BCUT2D eigenvalue weighted by molar-refractivity contribution is 0.200. The summed E-state index contributed by atoms with van der Waals surface area (Å²) >= 11 is 0. The molecule has 2 heterocycles. The standard InChI is InChI=1S/C50H45N2O3P/c1-31-27-40(38-25-32(2)29-46(48(38)53)51-42-19-10-6-15-34(42)35-16-7-11-20-43(35)51)50(56(5)24-14-23-55-4)41(28-31)39-26-33(3)30-47(49(39)54)52-44-21-12-8-17-36(44)37-18-9-13-22-45(37)52/h6-13,15-22,25-30,53-54H,14,23-24H2,1-5H3. The van der Waals surface area contributed by atoms with E-state index in [1.54, 1.807) is 7.11 Å². The number of aromatic hydroxyl groups is 2. The molecule has 0 amide bonds. The van der Waals surface area contributed by atoms with Crippen LogP contribution >= 0.6 is 7.92 Å². The number of methoxy groups -OCH3 is 1. The lowest BCUT2D eigenvalue weighted by atomic mass is 9.93. The van der Waals surface area contributed by atoms with Gasteiger partial charge in [0.15, 0.2) is 0 Å². The third kappa shape index (κ3) is 5.85. The van der Waals surface area contributed by atoms with Crippen molar-refractivity contribution in [1.29, 1.82) is 0 Å². The predicted octanol–water partition coefficient (Wildman–Crippen LogP) is 12.3. The Kier molecular flexibility index (Phi) is 9.16. The third-order valence-corrected chi connectivity index (χ3v) is 13.4. The number of aryl methyl sites for hydroxylation is 3. The highest BCUT2D eigenvalue weighted by molar-refractivity contribution is 7.65. The fourth-order valence-electron chi connectivity index (χ4n) is 8.79. The van der Waals surface area contributed by atoms with E-state index >= 15 is 0 Å². The number of phenolic OH excluding ortho intramolecular Hbond substituents is 2. The van der Waals surface area contributed by atoms with Crippen molar-refractivity contribution in [2.75, 3.05) is 26.5 Å². The highest BCUT2D eigenvalue weighted by Crippen LogP contribution is 2.48. The van der Waals surface area contributed by atoms with Crippen LogP contribution in [0, 0.1) is 20.8 Å². The molecule has 6 heteroatoms. The Balaban J connectivity index is 1.32. The molecule has 0 fully saturated rings. The normalized spacial score (nSPS) is 12.4. The maximum atomic E-state index is 12.6. The summed E-state index contributed by atoms with van der Waals surface area (Å²) in [6, 6.07) is 46.5. The Labute approximate surface area is 328 Å². The van der Waals surface area contributed by atoms with Gasteiger partial charge in [-0.3, -0.25) is 0 Å². The number of aromatic nitrogens is 2. The fourth-order valence-corrected chi connectivity index (χ4v) is 10.8. The van der Waals surface area contributed by atoms with Crippen molar-refractivity contribution >= 4 is 56.8 Å². The van der Waals surface area contributed by atoms with Gasteiger partial charge in [0, 0.05) is 46.4 Å². The van der Waals surface area contributed by atoms with E-state index in [0.717, 1.165) is 112 Å². The molecule has 0 aliphatic rings. The maximum absolute atomic E-state index is 12.6. The number of hydrogen-bond donors (Lipinski definition) is 2. The van der Waals surface area contributed by atoms with Crippen molar-refractivity contribution in [1.82, 2.24) is 9.13 Å². The largest absolute Gasteiger partial charge is 0.505 e. The monoisotopic (exact) mass is 752 g/mol. The smallest absolute Gasteiger partial charge is 0.147 e. The van der Waals surface area contributed by atoms with Crippen LogP contribution in [0.15, 0.2) is 133 Å². The van der Waals surface area contributed by atoms with Gasteiger partial charge in [-0.1, -0.05) is 92.9 Å². The topological polar surface area (TPSA) is 59.5 Å². The van der Waals surface area contributed by atoms with Gasteiger partial charge in [-0.15, -0.1) is 0 Å². The van der Waals surface area contributed by atoms with Gasteiger partial charge < -0.3 is 24.1 Å². The van der Waals surface area contributed by atoms with E-state index in [-0.39, 0.29) is 11.5 Å². The van der Waals surface area contributed by atoms with Crippen LogP contribution in [-0.2, 0) is 4.74 Å². The van der Waals surface area contributed by atoms with Gasteiger partial charge in [0.1, 0.15) is 11.5 Å². The van der Waals surface area contributed by atoms with Crippen LogP contribution in [0.25, 0.3) is 77.2 Å². The molecule has 0 aliphatic heterocycles. The van der Waals surface area contributed by atoms with Crippen LogP contribution in [0.4, 0.5) is 0 Å². The third-order valence-electron chi connectivity index (χ3n) is 11.2. The second-order valence-corrected chi connectivity index (χ2v) is 17.4. The van der Waals surface area contributed by atoms with Crippen molar-refractivity contribution in [3.8, 4) is 45.1 Å². The Hall–Kier alpha value is -5.87. The van der Waals surface area contributed by atoms with Crippen LogP contribution < -0.4 is 5.30 Å². The number of hydrogen-bond acceptors (Lipinski definition) is 3. The number of rotatable bonds is 9. The van der Waals surface area contributed by atoms with E-state index in [2.05, 4.69) is 170 Å². The Morgan fingerprint density at radius 1 is 0.500 bits per heavy atom. The van der Waals surface area contributed by atoms with Crippen molar-refractivity contribution in [2.24, 2.45) is 0 Å². The minimum atomic E-state index is -0.771. The minimum Gasteiger partial charge on any atom is -0.505 e. The molecule has 9 aromatic rings. The summed E-state index contributed by atoms with van der Waals surface area (Å²) in [6.45, 7) is 9.32. The molecule has 0 aliphatic carbocycles. The number of ether oxygens (including phenoxy) is 1. The number of benzene rings is 7. The van der Waals surface area contributed by atoms with Crippen LogP contribution in [-0.4, -0.2) is 45.9 Å². The van der Waals surface area contributed by atoms with Crippen LogP contribution in [0.1, 0.15) is 23.1 Å². The first-order chi connectivity index (χ1) is 27.2. The highest BCUT2D eigenvalue weighted by Gasteiger charge is 2.26. The second-order valence-electron chi connectivity index (χ2n) is 15.1. The maximum Gasteiger partial charge on any atom is 0.147 e.